The van der Waals surface area contributed by atoms with E-state index >= 15 is 0 Å². The van der Waals surface area contributed by atoms with Gasteiger partial charge in [-0.3, -0.25) is 4.55 Å². The van der Waals surface area contributed by atoms with Gasteiger partial charge in [0.05, 0.1) is 0 Å². The summed E-state index contributed by atoms with van der Waals surface area (Å²) >= 11 is 2.19. The normalized spacial score (nSPS) is 25.8. The molecule has 1 aliphatic heterocycles. The van der Waals surface area contributed by atoms with Gasteiger partial charge >= 0.3 is 10.3 Å². The summed E-state index contributed by atoms with van der Waals surface area (Å²) in [7, 11) is -4.25. The summed E-state index contributed by atoms with van der Waals surface area (Å²) in [4.78, 5) is 0. The Morgan fingerprint density at radius 3 is 2.60 bits per heavy atom. The standard InChI is InChI=1S/C12H16INO5S/c1-12(2)18-10(7-14-20(15,16)17)11(19-12)8-5-3-4-6-9(8)13/h3-6,10-11,14H,7H2,1-2H3,(H,15,16,17)/t10-,11-/m0/s1. The Hall–Kier alpha value is -0.260. The Balaban J connectivity index is 2.23. The minimum Gasteiger partial charge on any atom is -0.343 e. The maximum absolute atomic E-state index is 10.8. The molecule has 1 aromatic carbocycles. The maximum atomic E-state index is 10.8. The van der Waals surface area contributed by atoms with E-state index in [0.717, 1.165) is 9.13 Å². The summed E-state index contributed by atoms with van der Waals surface area (Å²) in [6, 6.07) is 7.66. The maximum Gasteiger partial charge on any atom is 0.333 e. The zero-order valence-electron chi connectivity index (χ0n) is 11.0. The van der Waals surface area contributed by atoms with Crippen molar-refractivity contribution >= 4 is 32.9 Å². The molecule has 0 unspecified atom stereocenters. The third kappa shape index (κ3) is 4.12. The van der Waals surface area contributed by atoms with Crippen molar-refractivity contribution in [2.75, 3.05) is 6.54 Å². The summed E-state index contributed by atoms with van der Waals surface area (Å²) in [6.07, 6.45) is -0.907. The van der Waals surface area contributed by atoms with Crippen LogP contribution in [0.15, 0.2) is 24.3 Å². The largest absolute Gasteiger partial charge is 0.343 e. The minimum atomic E-state index is -4.25. The summed E-state index contributed by atoms with van der Waals surface area (Å²) in [5.74, 6) is -0.810. The van der Waals surface area contributed by atoms with Crippen LogP contribution in [-0.2, 0) is 19.8 Å². The Labute approximate surface area is 131 Å². The molecule has 0 spiro atoms. The fraction of sp³-hybridized carbons (Fsp3) is 0.500. The number of ether oxygens (including phenoxy) is 2. The number of rotatable bonds is 4. The van der Waals surface area contributed by atoms with Crippen molar-refractivity contribution in [3.63, 3.8) is 0 Å². The van der Waals surface area contributed by atoms with E-state index in [2.05, 4.69) is 22.6 Å². The summed E-state index contributed by atoms with van der Waals surface area (Å²) < 4.78 is 45.0. The predicted octanol–water partition coefficient (Wildman–Crippen LogP) is 1.88. The second-order valence-electron chi connectivity index (χ2n) is 4.94. The zero-order chi connectivity index (χ0) is 15.0. The van der Waals surface area contributed by atoms with Crippen LogP contribution in [0.3, 0.4) is 0 Å². The van der Waals surface area contributed by atoms with E-state index in [0.29, 0.717) is 0 Å². The molecule has 0 saturated carbocycles. The lowest BCUT2D eigenvalue weighted by atomic mass is 10.0. The second kappa shape index (κ2) is 5.85. The first kappa shape index (κ1) is 16.1. The Morgan fingerprint density at radius 1 is 1.35 bits per heavy atom. The molecule has 0 radical (unpaired) electrons. The molecule has 0 bridgehead atoms. The topological polar surface area (TPSA) is 84.9 Å². The first-order chi connectivity index (χ1) is 9.18. The average molecular weight is 413 g/mol. The fourth-order valence-corrected chi connectivity index (χ4v) is 3.21. The van der Waals surface area contributed by atoms with Gasteiger partial charge in [-0.2, -0.15) is 13.1 Å². The van der Waals surface area contributed by atoms with Crippen LogP contribution in [0, 0.1) is 3.57 Å². The number of hydrogen-bond acceptors (Lipinski definition) is 4. The van der Waals surface area contributed by atoms with Crippen LogP contribution < -0.4 is 4.72 Å². The van der Waals surface area contributed by atoms with Gasteiger partial charge in [0.2, 0.25) is 0 Å². The molecule has 0 amide bonds. The third-order valence-corrected chi connectivity index (χ3v) is 4.38. The van der Waals surface area contributed by atoms with Crippen molar-refractivity contribution < 1.29 is 22.4 Å². The zero-order valence-corrected chi connectivity index (χ0v) is 14.0. The SMILES string of the molecule is CC1(C)O[C@@H](CNS(=O)(=O)O)[C@H](c2ccccc2I)O1. The molecule has 1 saturated heterocycles. The number of halogens is 1. The molecule has 20 heavy (non-hydrogen) atoms. The summed E-state index contributed by atoms with van der Waals surface area (Å²) in [5.41, 5.74) is 0.931. The van der Waals surface area contributed by atoms with Crippen LogP contribution in [0.25, 0.3) is 0 Å². The highest BCUT2D eigenvalue weighted by atomic mass is 127. The van der Waals surface area contributed by atoms with Crippen LogP contribution in [0.1, 0.15) is 25.5 Å². The molecular weight excluding hydrogens is 397 g/mol. The van der Waals surface area contributed by atoms with Gasteiger partial charge in [0.1, 0.15) is 12.2 Å². The van der Waals surface area contributed by atoms with Crippen molar-refractivity contribution in [1.29, 1.82) is 0 Å². The van der Waals surface area contributed by atoms with Gasteiger partial charge in [-0.05, 0) is 48.1 Å². The third-order valence-electron chi connectivity index (χ3n) is 2.86. The van der Waals surface area contributed by atoms with Gasteiger partial charge in [-0.15, -0.1) is 0 Å². The van der Waals surface area contributed by atoms with E-state index < -0.39 is 28.3 Å². The van der Waals surface area contributed by atoms with Gasteiger partial charge in [-0.1, -0.05) is 18.2 Å². The molecule has 1 fully saturated rings. The van der Waals surface area contributed by atoms with Gasteiger partial charge in [0, 0.05) is 10.1 Å². The quantitative estimate of drug-likeness (QED) is 0.582. The molecular formula is C12H16INO5S. The monoisotopic (exact) mass is 413 g/mol. The van der Waals surface area contributed by atoms with E-state index in [1.165, 1.54) is 0 Å². The first-order valence-corrected chi connectivity index (χ1v) is 8.52. The molecule has 6 nitrogen and oxygen atoms in total. The van der Waals surface area contributed by atoms with E-state index in [4.69, 9.17) is 14.0 Å². The highest BCUT2D eigenvalue weighted by Crippen LogP contribution is 2.39. The highest BCUT2D eigenvalue weighted by molar-refractivity contribution is 14.1. The minimum absolute atomic E-state index is 0.0576. The van der Waals surface area contributed by atoms with Crippen molar-refractivity contribution in [2.45, 2.75) is 31.8 Å². The van der Waals surface area contributed by atoms with Crippen molar-refractivity contribution in [3.8, 4) is 0 Å². The molecule has 0 aliphatic carbocycles. The lowest BCUT2D eigenvalue weighted by molar-refractivity contribution is -0.146. The summed E-state index contributed by atoms with van der Waals surface area (Å²) in [5, 5.41) is 0. The van der Waals surface area contributed by atoms with Crippen LogP contribution in [0.4, 0.5) is 0 Å². The number of nitrogens with one attached hydrogen (secondary N) is 1. The Kier molecular flexibility index (Phi) is 4.72. The van der Waals surface area contributed by atoms with Crippen LogP contribution in [0.2, 0.25) is 0 Å². The lowest BCUT2D eigenvalue weighted by Gasteiger charge is -2.18. The molecule has 0 aromatic heterocycles. The average Bonchev–Trinajstić information content (AvgIpc) is 2.62. The van der Waals surface area contributed by atoms with Gasteiger partial charge in [0.15, 0.2) is 5.79 Å². The van der Waals surface area contributed by atoms with Crippen LogP contribution in [0.5, 0.6) is 0 Å². The number of hydrogen-bond donors (Lipinski definition) is 2. The smallest absolute Gasteiger partial charge is 0.333 e. The Bertz CT molecular complexity index is 589. The summed E-state index contributed by atoms with van der Waals surface area (Å²) in [6.45, 7) is 3.48. The van der Waals surface area contributed by atoms with Gasteiger partial charge in [-0.25, -0.2) is 0 Å². The van der Waals surface area contributed by atoms with E-state index in [1.807, 2.05) is 29.0 Å². The molecule has 1 aromatic rings. The molecule has 112 valence electrons. The second-order valence-corrected chi connectivity index (χ2v) is 7.34. The van der Waals surface area contributed by atoms with E-state index in [1.54, 1.807) is 13.8 Å². The van der Waals surface area contributed by atoms with Crippen molar-refractivity contribution in [3.05, 3.63) is 33.4 Å². The predicted molar refractivity (Wildman–Crippen MR) is 81.5 cm³/mol. The molecule has 2 N–H and O–H groups in total. The van der Waals surface area contributed by atoms with Crippen molar-refractivity contribution in [1.82, 2.24) is 4.72 Å². The highest BCUT2D eigenvalue weighted by Gasteiger charge is 2.42. The van der Waals surface area contributed by atoms with Gasteiger partial charge < -0.3 is 9.47 Å². The molecule has 2 atom stereocenters. The van der Waals surface area contributed by atoms with Crippen LogP contribution >= 0.6 is 22.6 Å². The first-order valence-electron chi connectivity index (χ1n) is 6.00. The van der Waals surface area contributed by atoms with Crippen LogP contribution in [-0.4, -0.2) is 31.4 Å². The molecule has 2 rings (SSSR count). The van der Waals surface area contributed by atoms with Crippen molar-refractivity contribution in [2.24, 2.45) is 0 Å². The Morgan fingerprint density at radius 2 is 2.00 bits per heavy atom. The molecule has 8 heteroatoms. The van der Waals surface area contributed by atoms with Gasteiger partial charge in [0.25, 0.3) is 0 Å². The molecule has 1 aliphatic rings. The fourth-order valence-electron chi connectivity index (χ4n) is 2.14. The van der Waals surface area contributed by atoms with E-state index in [-0.39, 0.29) is 6.54 Å². The van der Waals surface area contributed by atoms with E-state index in [9.17, 15) is 8.42 Å². The lowest BCUT2D eigenvalue weighted by Crippen LogP contribution is -2.35. The number of benzene rings is 1. The molecule has 1 heterocycles.